The van der Waals surface area contributed by atoms with Gasteiger partial charge in [-0.25, -0.2) is 0 Å². The van der Waals surface area contributed by atoms with Gasteiger partial charge in [0.25, 0.3) is 11.5 Å². The van der Waals surface area contributed by atoms with E-state index in [1.165, 1.54) is 4.90 Å². The first-order valence-electron chi connectivity index (χ1n) is 6.47. The Morgan fingerprint density at radius 1 is 1.42 bits per heavy atom. The van der Waals surface area contributed by atoms with Crippen molar-refractivity contribution in [1.82, 2.24) is 9.88 Å². The summed E-state index contributed by atoms with van der Waals surface area (Å²) in [6, 6.07) is 1.78. The standard InChI is InChI=1S/C14H20N2O3/c1-8(2)14(19)6-16(7-14)13(18)11-9(3)5-10(4)15-12(11)17/h5,8,19H,6-7H2,1-4H3,(H,15,17). The average molecular weight is 264 g/mol. The normalized spacial score (nSPS) is 17.5. The minimum atomic E-state index is -0.818. The fourth-order valence-electron chi connectivity index (χ4n) is 2.40. The molecular weight excluding hydrogens is 244 g/mol. The third-order valence-corrected chi connectivity index (χ3v) is 3.87. The van der Waals surface area contributed by atoms with Gasteiger partial charge in [0, 0.05) is 5.69 Å². The highest BCUT2D eigenvalue weighted by Crippen LogP contribution is 2.29. The molecule has 0 atom stereocenters. The summed E-state index contributed by atoms with van der Waals surface area (Å²) in [6.45, 7) is 7.96. The molecule has 1 fully saturated rings. The molecule has 0 bridgehead atoms. The molecule has 1 aromatic rings. The summed E-state index contributed by atoms with van der Waals surface area (Å²) in [5.41, 5.74) is 0.410. The Kier molecular flexibility index (Phi) is 3.26. The number of hydrogen-bond donors (Lipinski definition) is 2. The molecule has 2 rings (SSSR count). The van der Waals surface area contributed by atoms with Gasteiger partial charge in [-0.2, -0.15) is 0 Å². The first-order valence-corrected chi connectivity index (χ1v) is 6.47. The van der Waals surface area contributed by atoms with Crippen LogP contribution in [-0.4, -0.2) is 39.6 Å². The first kappa shape index (κ1) is 13.8. The van der Waals surface area contributed by atoms with Crippen molar-refractivity contribution in [3.05, 3.63) is 33.2 Å². The topological polar surface area (TPSA) is 73.4 Å². The first-order chi connectivity index (χ1) is 8.74. The number of hydrogen-bond acceptors (Lipinski definition) is 3. The molecule has 1 aliphatic heterocycles. The number of nitrogens with zero attached hydrogens (tertiary/aromatic N) is 1. The van der Waals surface area contributed by atoms with Crippen molar-refractivity contribution in [3.63, 3.8) is 0 Å². The van der Waals surface area contributed by atoms with Gasteiger partial charge in [0.15, 0.2) is 0 Å². The van der Waals surface area contributed by atoms with Gasteiger partial charge in [-0.3, -0.25) is 9.59 Å². The molecule has 1 aromatic heterocycles. The average Bonchev–Trinajstić information content (AvgIpc) is 2.22. The van der Waals surface area contributed by atoms with E-state index in [-0.39, 0.29) is 36.0 Å². The molecule has 104 valence electrons. The minimum absolute atomic E-state index is 0.0916. The molecule has 5 heteroatoms. The zero-order chi connectivity index (χ0) is 14.4. The second-order valence-corrected chi connectivity index (χ2v) is 5.76. The van der Waals surface area contributed by atoms with Gasteiger partial charge in [-0.15, -0.1) is 0 Å². The number of aliphatic hydroxyl groups is 1. The van der Waals surface area contributed by atoms with Gasteiger partial charge in [-0.1, -0.05) is 13.8 Å². The molecule has 2 N–H and O–H groups in total. The summed E-state index contributed by atoms with van der Waals surface area (Å²) < 4.78 is 0. The van der Waals surface area contributed by atoms with Crippen LogP contribution in [0.25, 0.3) is 0 Å². The van der Waals surface area contributed by atoms with E-state index in [0.717, 1.165) is 5.69 Å². The number of amides is 1. The monoisotopic (exact) mass is 264 g/mol. The molecule has 0 spiro atoms. The van der Waals surface area contributed by atoms with E-state index >= 15 is 0 Å². The highest BCUT2D eigenvalue weighted by Gasteiger charge is 2.46. The van der Waals surface area contributed by atoms with Crippen LogP contribution in [0.4, 0.5) is 0 Å². The minimum Gasteiger partial charge on any atom is -0.386 e. The summed E-state index contributed by atoms with van der Waals surface area (Å²) in [5.74, 6) is -0.210. The van der Waals surface area contributed by atoms with E-state index in [4.69, 9.17) is 0 Å². The predicted molar refractivity (Wildman–Crippen MR) is 72.2 cm³/mol. The van der Waals surface area contributed by atoms with Gasteiger partial charge in [0.05, 0.1) is 13.1 Å². The Labute approximate surface area is 112 Å². The lowest BCUT2D eigenvalue weighted by molar-refractivity contribution is -0.110. The molecule has 2 heterocycles. The van der Waals surface area contributed by atoms with Gasteiger partial charge in [-0.05, 0) is 31.4 Å². The van der Waals surface area contributed by atoms with Crippen LogP contribution >= 0.6 is 0 Å². The highest BCUT2D eigenvalue weighted by molar-refractivity contribution is 5.96. The summed E-state index contributed by atoms with van der Waals surface area (Å²) in [4.78, 5) is 28.3. The smallest absolute Gasteiger partial charge is 0.261 e. The number of aryl methyl sites for hydroxylation is 2. The quantitative estimate of drug-likeness (QED) is 0.831. The molecule has 5 nitrogen and oxygen atoms in total. The molecule has 1 amide bonds. The summed E-state index contributed by atoms with van der Waals surface area (Å²) >= 11 is 0. The fourth-order valence-corrected chi connectivity index (χ4v) is 2.40. The molecule has 0 aliphatic carbocycles. The number of β-amino-alcohol motifs (C(OH)–C–C–N with tert-alkyl or cyclic N) is 1. The molecule has 0 radical (unpaired) electrons. The van der Waals surface area contributed by atoms with Crippen LogP contribution in [0, 0.1) is 19.8 Å². The zero-order valence-electron chi connectivity index (χ0n) is 11.8. The van der Waals surface area contributed by atoms with Crippen LogP contribution in [0.15, 0.2) is 10.9 Å². The Bertz CT molecular complexity index is 569. The maximum atomic E-state index is 12.3. The number of carbonyl (C=O) groups is 1. The maximum absolute atomic E-state index is 12.3. The van der Waals surface area contributed by atoms with E-state index in [1.54, 1.807) is 19.9 Å². The largest absolute Gasteiger partial charge is 0.386 e. The Morgan fingerprint density at radius 3 is 2.47 bits per heavy atom. The number of aromatic nitrogens is 1. The molecule has 0 aromatic carbocycles. The second kappa shape index (κ2) is 4.49. The number of pyridine rings is 1. The van der Waals surface area contributed by atoms with Crippen LogP contribution in [0.5, 0.6) is 0 Å². The van der Waals surface area contributed by atoms with E-state index in [9.17, 15) is 14.7 Å². The molecule has 1 saturated heterocycles. The van der Waals surface area contributed by atoms with Crippen LogP contribution in [0.1, 0.15) is 35.5 Å². The highest BCUT2D eigenvalue weighted by atomic mass is 16.3. The lowest BCUT2D eigenvalue weighted by Gasteiger charge is -2.49. The lowest BCUT2D eigenvalue weighted by atomic mass is 9.82. The van der Waals surface area contributed by atoms with Crippen molar-refractivity contribution in [2.45, 2.75) is 33.3 Å². The fraction of sp³-hybridized carbons (Fsp3) is 0.571. The number of carbonyl (C=O) groups excluding carboxylic acids is 1. The third-order valence-electron chi connectivity index (χ3n) is 3.87. The van der Waals surface area contributed by atoms with Crippen molar-refractivity contribution in [2.24, 2.45) is 5.92 Å². The van der Waals surface area contributed by atoms with E-state index in [2.05, 4.69) is 4.98 Å². The van der Waals surface area contributed by atoms with E-state index in [1.807, 2.05) is 13.8 Å². The number of nitrogens with one attached hydrogen (secondary N) is 1. The van der Waals surface area contributed by atoms with Crippen molar-refractivity contribution >= 4 is 5.91 Å². The summed E-state index contributed by atoms with van der Waals surface area (Å²) in [6.07, 6.45) is 0. The number of H-pyrrole nitrogens is 1. The summed E-state index contributed by atoms with van der Waals surface area (Å²) in [5, 5.41) is 10.2. The zero-order valence-corrected chi connectivity index (χ0v) is 11.8. The second-order valence-electron chi connectivity index (χ2n) is 5.76. The van der Waals surface area contributed by atoms with Crippen LogP contribution in [0.2, 0.25) is 0 Å². The molecule has 1 aliphatic rings. The van der Waals surface area contributed by atoms with Gasteiger partial charge in [0.2, 0.25) is 0 Å². The predicted octanol–water partition coefficient (Wildman–Crippen LogP) is 0.835. The summed E-state index contributed by atoms with van der Waals surface area (Å²) in [7, 11) is 0. The molecule has 19 heavy (non-hydrogen) atoms. The number of rotatable bonds is 2. The van der Waals surface area contributed by atoms with E-state index < -0.39 is 5.60 Å². The van der Waals surface area contributed by atoms with Crippen LogP contribution in [0.3, 0.4) is 0 Å². The lowest BCUT2D eigenvalue weighted by Crippen LogP contribution is -2.66. The number of aromatic amines is 1. The van der Waals surface area contributed by atoms with Crippen molar-refractivity contribution in [1.29, 1.82) is 0 Å². The Morgan fingerprint density at radius 2 is 2.00 bits per heavy atom. The maximum Gasteiger partial charge on any atom is 0.261 e. The van der Waals surface area contributed by atoms with Gasteiger partial charge in [0.1, 0.15) is 11.2 Å². The molecule has 0 unspecified atom stereocenters. The Balaban J connectivity index is 2.22. The van der Waals surface area contributed by atoms with Crippen molar-refractivity contribution in [3.8, 4) is 0 Å². The molecular formula is C14H20N2O3. The number of likely N-dealkylation sites (tertiary alicyclic amines) is 1. The molecule has 0 saturated carbocycles. The van der Waals surface area contributed by atoms with Gasteiger partial charge >= 0.3 is 0 Å². The van der Waals surface area contributed by atoms with Gasteiger partial charge < -0.3 is 15.0 Å². The third kappa shape index (κ3) is 2.30. The SMILES string of the molecule is Cc1cc(C)c(C(=O)N2CC(O)(C(C)C)C2)c(=O)[nH]1. The van der Waals surface area contributed by atoms with E-state index in [0.29, 0.717) is 5.56 Å². The van der Waals surface area contributed by atoms with Crippen molar-refractivity contribution in [2.75, 3.05) is 13.1 Å². The van der Waals surface area contributed by atoms with Crippen LogP contribution in [-0.2, 0) is 0 Å². The Hall–Kier alpha value is -1.62. The van der Waals surface area contributed by atoms with Crippen molar-refractivity contribution < 1.29 is 9.90 Å². The van der Waals surface area contributed by atoms with Crippen LogP contribution < -0.4 is 5.56 Å².